The van der Waals surface area contributed by atoms with Crippen molar-refractivity contribution in [2.75, 3.05) is 14.2 Å². The molecule has 2 aromatic carbocycles. The highest BCUT2D eigenvalue weighted by Gasteiger charge is 2.31. The van der Waals surface area contributed by atoms with E-state index in [0.29, 0.717) is 39.6 Å². The number of nitrogens with zero attached hydrogens (tertiary/aromatic N) is 1. The minimum absolute atomic E-state index is 0.164. The van der Waals surface area contributed by atoms with Crippen molar-refractivity contribution in [3.05, 3.63) is 88.4 Å². The van der Waals surface area contributed by atoms with Gasteiger partial charge in [0, 0.05) is 23.6 Å². The first-order chi connectivity index (χ1) is 18.4. The molecule has 1 heterocycles. The van der Waals surface area contributed by atoms with Gasteiger partial charge in [0.25, 0.3) is 0 Å². The quantitative estimate of drug-likeness (QED) is 0.263. The summed E-state index contributed by atoms with van der Waals surface area (Å²) in [7, 11) is 2.84. The molecule has 1 aliphatic carbocycles. The zero-order chi connectivity index (χ0) is 27.8. The molecule has 0 radical (unpaired) electrons. The first-order valence-electron chi connectivity index (χ1n) is 12.9. The molecule has 1 aliphatic rings. The van der Waals surface area contributed by atoms with Crippen LogP contribution in [0, 0.1) is 11.7 Å². The topological polar surface area (TPSA) is 88.9 Å². The third-order valence-corrected chi connectivity index (χ3v) is 6.63. The van der Waals surface area contributed by atoms with Crippen molar-refractivity contribution in [2.24, 2.45) is 5.92 Å². The third kappa shape index (κ3) is 6.65. The SMILES string of the molecule is CC.COC(=O)/C(C)=C(/c1ccc(CO)c(CC(O)c2ccc(-c3cc(OC)ncc3F)cc2)c1)C1CC1. The standard InChI is InChI=1S/C29H30FNO5.C2H6/c1-17(29(34)36-3)28(20-8-9-20)21-10-11-22(16-32)23(12-21)13-26(33)19-6-4-18(5-7-19)24-14-27(35-2)31-15-25(24)30;1-2/h4-7,10-12,14-15,20,26,32-33H,8-9,13,16H2,1-3H3;1-2H3/b28-17+;. The smallest absolute Gasteiger partial charge is 0.333 e. The van der Waals surface area contributed by atoms with Gasteiger partial charge in [0.05, 0.1) is 33.1 Å². The number of hydrogen-bond donors (Lipinski definition) is 2. The number of carbonyl (C=O) groups is 1. The van der Waals surface area contributed by atoms with Crippen molar-refractivity contribution >= 4 is 11.5 Å². The van der Waals surface area contributed by atoms with Crippen molar-refractivity contribution in [3.63, 3.8) is 0 Å². The Balaban J connectivity index is 0.00000195. The molecule has 0 saturated heterocycles. The van der Waals surface area contributed by atoms with E-state index >= 15 is 0 Å². The maximum atomic E-state index is 14.3. The van der Waals surface area contributed by atoms with E-state index in [4.69, 9.17) is 9.47 Å². The van der Waals surface area contributed by atoms with Gasteiger partial charge in [-0.1, -0.05) is 56.3 Å². The first-order valence-corrected chi connectivity index (χ1v) is 12.9. The molecular formula is C31H36FNO5. The molecule has 0 bridgehead atoms. The zero-order valence-electron chi connectivity index (χ0n) is 22.6. The predicted molar refractivity (Wildman–Crippen MR) is 146 cm³/mol. The van der Waals surface area contributed by atoms with Crippen LogP contribution in [0.25, 0.3) is 16.7 Å². The Bertz CT molecular complexity index is 1280. The molecule has 3 aromatic rings. The van der Waals surface area contributed by atoms with Crippen LogP contribution in [0.3, 0.4) is 0 Å². The molecule has 4 rings (SSSR count). The maximum absolute atomic E-state index is 14.3. The number of benzene rings is 2. The summed E-state index contributed by atoms with van der Waals surface area (Å²) < 4.78 is 24.3. The predicted octanol–water partition coefficient (Wildman–Crippen LogP) is 6.05. The largest absolute Gasteiger partial charge is 0.481 e. The fourth-order valence-electron chi connectivity index (χ4n) is 4.49. The Morgan fingerprint density at radius 2 is 1.76 bits per heavy atom. The Morgan fingerprint density at radius 3 is 2.34 bits per heavy atom. The lowest BCUT2D eigenvalue weighted by Crippen LogP contribution is -2.08. The fourth-order valence-corrected chi connectivity index (χ4v) is 4.49. The summed E-state index contributed by atoms with van der Waals surface area (Å²) in [6, 6.07) is 14.2. The second kappa shape index (κ2) is 13.3. The number of methoxy groups -OCH3 is 2. The Morgan fingerprint density at radius 1 is 1.08 bits per heavy atom. The summed E-state index contributed by atoms with van der Waals surface area (Å²) in [4.78, 5) is 16.1. The molecule has 202 valence electrons. The van der Waals surface area contributed by atoms with E-state index in [2.05, 4.69) is 4.98 Å². The summed E-state index contributed by atoms with van der Waals surface area (Å²) in [5.41, 5.74) is 5.62. The Kier molecular flexibility index (Phi) is 10.2. The molecular weight excluding hydrogens is 485 g/mol. The summed E-state index contributed by atoms with van der Waals surface area (Å²) in [5.74, 6) is -0.195. The molecule has 2 N–H and O–H groups in total. The van der Waals surface area contributed by atoms with E-state index < -0.39 is 11.9 Å². The first kappa shape index (κ1) is 29.0. The van der Waals surface area contributed by atoms with Gasteiger partial charge in [0.15, 0.2) is 0 Å². The highest BCUT2D eigenvalue weighted by Crippen LogP contribution is 2.44. The molecule has 0 spiro atoms. The van der Waals surface area contributed by atoms with E-state index in [1.165, 1.54) is 20.3 Å². The van der Waals surface area contributed by atoms with E-state index in [0.717, 1.165) is 35.7 Å². The highest BCUT2D eigenvalue weighted by atomic mass is 19.1. The number of allylic oxidation sites excluding steroid dienone is 1. The van der Waals surface area contributed by atoms with Gasteiger partial charge in [-0.05, 0) is 59.1 Å². The second-order valence-electron chi connectivity index (χ2n) is 8.99. The summed E-state index contributed by atoms with van der Waals surface area (Å²) in [6.07, 6.45) is 2.58. The average molecular weight is 522 g/mol. The van der Waals surface area contributed by atoms with E-state index in [1.807, 2.05) is 32.0 Å². The summed E-state index contributed by atoms with van der Waals surface area (Å²) in [6.45, 7) is 5.61. The van der Waals surface area contributed by atoms with Crippen LogP contribution >= 0.6 is 0 Å². The zero-order valence-corrected chi connectivity index (χ0v) is 22.6. The number of hydrogen-bond acceptors (Lipinski definition) is 6. The van der Waals surface area contributed by atoms with Gasteiger partial charge >= 0.3 is 5.97 Å². The monoisotopic (exact) mass is 521 g/mol. The minimum Gasteiger partial charge on any atom is -0.481 e. The normalized spacial score (nSPS) is 14.1. The summed E-state index contributed by atoms with van der Waals surface area (Å²) in [5, 5.41) is 20.9. The van der Waals surface area contributed by atoms with Gasteiger partial charge in [-0.25, -0.2) is 14.2 Å². The van der Waals surface area contributed by atoms with Crippen LogP contribution in [0.1, 0.15) is 62.0 Å². The Hall–Kier alpha value is -3.55. The summed E-state index contributed by atoms with van der Waals surface area (Å²) >= 11 is 0. The lowest BCUT2D eigenvalue weighted by Gasteiger charge is -2.17. The number of halogens is 1. The molecule has 0 aliphatic heterocycles. The van der Waals surface area contributed by atoms with Crippen LogP contribution in [0.15, 0.2) is 60.3 Å². The number of pyridine rings is 1. The van der Waals surface area contributed by atoms with Crippen molar-refractivity contribution in [1.82, 2.24) is 4.98 Å². The fraction of sp³-hybridized carbons (Fsp3) is 0.355. The van der Waals surface area contributed by atoms with Gasteiger partial charge < -0.3 is 19.7 Å². The number of aliphatic hydroxyl groups excluding tert-OH is 2. The van der Waals surface area contributed by atoms with Gasteiger partial charge in [0.2, 0.25) is 5.88 Å². The van der Waals surface area contributed by atoms with Crippen molar-refractivity contribution in [2.45, 2.75) is 52.7 Å². The maximum Gasteiger partial charge on any atom is 0.333 e. The minimum atomic E-state index is -0.841. The molecule has 1 saturated carbocycles. The lowest BCUT2D eigenvalue weighted by atomic mass is 9.90. The van der Waals surface area contributed by atoms with Crippen LogP contribution < -0.4 is 4.74 Å². The van der Waals surface area contributed by atoms with E-state index in [-0.39, 0.29) is 19.0 Å². The van der Waals surface area contributed by atoms with E-state index in [9.17, 15) is 19.4 Å². The molecule has 7 heteroatoms. The van der Waals surface area contributed by atoms with Gasteiger partial charge in [-0.2, -0.15) is 0 Å². The third-order valence-electron chi connectivity index (χ3n) is 6.63. The number of carbonyl (C=O) groups excluding carboxylic acids is 1. The number of rotatable bonds is 9. The number of esters is 1. The van der Waals surface area contributed by atoms with Crippen LogP contribution in [-0.2, 0) is 22.6 Å². The van der Waals surface area contributed by atoms with Crippen molar-refractivity contribution in [1.29, 1.82) is 0 Å². The highest BCUT2D eigenvalue weighted by molar-refractivity contribution is 5.98. The molecule has 6 nitrogen and oxygen atoms in total. The second-order valence-corrected chi connectivity index (χ2v) is 8.99. The number of aromatic nitrogens is 1. The molecule has 1 fully saturated rings. The molecule has 1 unspecified atom stereocenters. The Labute approximate surface area is 223 Å². The van der Waals surface area contributed by atoms with Crippen LogP contribution in [0.4, 0.5) is 4.39 Å². The molecule has 1 atom stereocenters. The van der Waals surface area contributed by atoms with Crippen LogP contribution in [-0.4, -0.2) is 35.4 Å². The lowest BCUT2D eigenvalue weighted by molar-refractivity contribution is -0.136. The number of ether oxygens (including phenoxy) is 2. The van der Waals surface area contributed by atoms with E-state index in [1.54, 1.807) is 31.2 Å². The van der Waals surface area contributed by atoms with Crippen LogP contribution in [0.2, 0.25) is 0 Å². The average Bonchev–Trinajstić information content (AvgIpc) is 3.79. The van der Waals surface area contributed by atoms with Crippen molar-refractivity contribution < 1.29 is 28.9 Å². The van der Waals surface area contributed by atoms with Crippen LogP contribution in [0.5, 0.6) is 5.88 Å². The van der Waals surface area contributed by atoms with Gasteiger partial charge in [0.1, 0.15) is 5.82 Å². The molecule has 38 heavy (non-hydrogen) atoms. The molecule has 0 amide bonds. The molecule has 1 aromatic heterocycles. The van der Waals surface area contributed by atoms with Gasteiger partial charge in [-0.15, -0.1) is 0 Å². The number of aliphatic hydroxyl groups is 2. The van der Waals surface area contributed by atoms with Gasteiger partial charge in [-0.3, -0.25) is 0 Å². The van der Waals surface area contributed by atoms with Crippen molar-refractivity contribution in [3.8, 4) is 17.0 Å².